The molecule has 1 unspecified atom stereocenters. The minimum Gasteiger partial charge on any atom is -0.341 e. The Morgan fingerprint density at radius 2 is 2.04 bits per heavy atom. The highest BCUT2D eigenvalue weighted by Gasteiger charge is 2.30. The zero-order chi connectivity index (χ0) is 15.6. The lowest BCUT2D eigenvalue weighted by molar-refractivity contribution is -0.137. The molecule has 1 aromatic rings. The lowest BCUT2D eigenvalue weighted by Gasteiger charge is -2.35. The van der Waals surface area contributed by atoms with Crippen LogP contribution in [0.25, 0.3) is 0 Å². The van der Waals surface area contributed by atoms with Crippen molar-refractivity contribution in [3.63, 3.8) is 0 Å². The average molecular weight is 352 g/mol. The molecule has 1 amide bonds. The molecule has 6 heteroatoms. The van der Waals surface area contributed by atoms with Gasteiger partial charge in [-0.25, -0.2) is 4.98 Å². The van der Waals surface area contributed by atoms with Crippen LogP contribution >= 0.6 is 23.1 Å². The smallest absolute Gasteiger partial charge is 0.227 e. The fourth-order valence-corrected chi connectivity index (χ4v) is 6.05. The Balaban J connectivity index is 1.35. The van der Waals surface area contributed by atoms with E-state index < -0.39 is 0 Å². The summed E-state index contributed by atoms with van der Waals surface area (Å²) in [5.41, 5.74) is 1.35. The minimum atomic E-state index is 0.207. The summed E-state index contributed by atoms with van der Waals surface area (Å²) in [5.74, 6) is 2.81. The lowest BCUT2D eigenvalue weighted by Crippen LogP contribution is -2.47. The van der Waals surface area contributed by atoms with Crippen molar-refractivity contribution in [1.29, 1.82) is 0 Å². The highest BCUT2D eigenvalue weighted by molar-refractivity contribution is 7.99. The molecular formula is C17H25N3OS2. The van der Waals surface area contributed by atoms with E-state index in [1.165, 1.54) is 34.8 Å². The van der Waals surface area contributed by atoms with Crippen LogP contribution in [0.15, 0.2) is 0 Å². The topological polar surface area (TPSA) is 36.4 Å². The summed E-state index contributed by atoms with van der Waals surface area (Å²) in [6.45, 7) is 4.87. The van der Waals surface area contributed by atoms with E-state index in [4.69, 9.17) is 4.98 Å². The average Bonchev–Trinajstić information content (AvgIpc) is 3.17. The summed E-state index contributed by atoms with van der Waals surface area (Å²) >= 11 is 3.87. The number of piperidine rings is 1. The normalized spacial score (nSPS) is 25.6. The third-order valence-corrected chi connectivity index (χ3v) is 7.26. The summed E-state index contributed by atoms with van der Waals surface area (Å²) in [5, 5.41) is 1.26. The van der Waals surface area contributed by atoms with Gasteiger partial charge in [0.1, 0.15) is 5.01 Å². The maximum atomic E-state index is 12.7. The van der Waals surface area contributed by atoms with Crippen molar-refractivity contribution in [3.8, 4) is 0 Å². The van der Waals surface area contributed by atoms with Crippen LogP contribution in [0.2, 0.25) is 0 Å². The first-order valence-electron chi connectivity index (χ1n) is 8.86. The largest absolute Gasteiger partial charge is 0.341 e. The van der Waals surface area contributed by atoms with Crippen molar-refractivity contribution < 1.29 is 4.79 Å². The summed E-state index contributed by atoms with van der Waals surface area (Å²) in [4.78, 5) is 23.6. The first kappa shape index (κ1) is 15.9. The number of hydrogen-bond acceptors (Lipinski definition) is 5. The van der Waals surface area contributed by atoms with E-state index in [1.54, 1.807) is 0 Å². The number of aryl methyl sites for hydroxylation is 2. The van der Waals surface area contributed by atoms with Crippen LogP contribution in [0.3, 0.4) is 0 Å². The first-order chi connectivity index (χ1) is 11.3. The molecule has 4 nitrogen and oxygen atoms in total. The van der Waals surface area contributed by atoms with E-state index >= 15 is 0 Å². The molecule has 0 N–H and O–H groups in total. The van der Waals surface area contributed by atoms with Gasteiger partial charge in [-0.05, 0) is 38.6 Å². The predicted molar refractivity (Wildman–Crippen MR) is 96.0 cm³/mol. The molecule has 2 fully saturated rings. The number of fused-ring (bicyclic) bond motifs is 1. The van der Waals surface area contributed by atoms with E-state index in [0.717, 1.165) is 57.1 Å². The van der Waals surface area contributed by atoms with Gasteiger partial charge >= 0.3 is 0 Å². The summed E-state index contributed by atoms with van der Waals surface area (Å²) in [7, 11) is 0. The number of aromatic nitrogens is 1. The number of carbonyl (C=O) groups is 1. The molecule has 0 saturated carbocycles. The zero-order valence-corrected chi connectivity index (χ0v) is 15.3. The van der Waals surface area contributed by atoms with Crippen LogP contribution in [0.4, 0.5) is 0 Å². The number of amides is 1. The Morgan fingerprint density at radius 3 is 2.87 bits per heavy atom. The van der Waals surface area contributed by atoms with Gasteiger partial charge in [-0.15, -0.1) is 11.3 Å². The quantitative estimate of drug-likeness (QED) is 0.838. The molecule has 1 aromatic heterocycles. The minimum absolute atomic E-state index is 0.207. The molecule has 2 aliphatic heterocycles. The first-order valence-corrected chi connectivity index (χ1v) is 10.8. The van der Waals surface area contributed by atoms with Crippen LogP contribution in [0.1, 0.15) is 34.8 Å². The highest BCUT2D eigenvalue weighted by Crippen LogP contribution is 2.29. The Bertz CT molecular complexity index is 547. The van der Waals surface area contributed by atoms with E-state index in [2.05, 4.69) is 9.80 Å². The van der Waals surface area contributed by atoms with Gasteiger partial charge in [0.25, 0.3) is 0 Å². The van der Waals surface area contributed by atoms with E-state index in [-0.39, 0.29) is 5.92 Å². The Labute approximate surface area is 146 Å². The van der Waals surface area contributed by atoms with Crippen LogP contribution in [-0.4, -0.2) is 58.4 Å². The van der Waals surface area contributed by atoms with E-state index in [9.17, 15) is 4.79 Å². The molecule has 4 rings (SSSR count). The number of thiazole rings is 1. The summed E-state index contributed by atoms with van der Waals surface area (Å²) in [6.07, 6.45) is 5.88. The third-order valence-electron chi connectivity index (χ3n) is 5.18. The van der Waals surface area contributed by atoms with Gasteiger partial charge in [-0.1, -0.05) is 0 Å². The Hall–Kier alpha value is -0.590. The number of rotatable bonds is 3. The van der Waals surface area contributed by atoms with Gasteiger partial charge in [0.05, 0.1) is 18.2 Å². The van der Waals surface area contributed by atoms with E-state index in [0.29, 0.717) is 5.91 Å². The highest BCUT2D eigenvalue weighted by atomic mass is 32.2. The number of likely N-dealkylation sites (tertiary alicyclic amines) is 1. The van der Waals surface area contributed by atoms with Crippen molar-refractivity contribution >= 4 is 29.0 Å². The van der Waals surface area contributed by atoms with Crippen LogP contribution < -0.4 is 0 Å². The molecule has 0 aromatic carbocycles. The summed E-state index contributed by atoms with van der Waals surface area (Å²) < 4.78 is 0. The molecule has 0 radical (unpaired) electrons. The molecule has 3 heterocycles. The van der Waals surface area contributed by atoms with Crippen molar-refractivity contribution in [3.05, 3.63) is 15.6 Å². The molecule has 23 heavy (non-hydrogen) atoms. The van der Waals surface area contributed by atoms with Gasteiger partial charge in [0.2, 0.25) is 5.91 Å². The molecule has 1 atom stereocenters. The second-order valence-corrected chi connectivity index (χ2v) is 9.24. The molecule has 0 bridgehead atoms. The van der Waals surface area contributed by atoms with Gasteiger partial charge in [0, 0.05) is 36.0 Å². The molecule has 1 aliphatic carbocycles. The second-order valence-electron chi connectivity index (χ2n) is 6.84. The van der Waals surface area contributed by atoms with Crippen molar-refractivity contribution in [2.75, 3.05) is 37.7 Å². The Kier molecular flexibility index (Phi) is 4.92. The Morgan fingerprint density at radius 1 is 1.17 bits per heavy atom. The maximum absolute atomic E-state index is 12.7. The van der Waals surface area contributed by atoms with Gasteiger partial charge < -0.3 is 4.90 Å². The number of carbonyl (C=O) groups excluding carboxylic acids is 1. The molecule has 126 valence electrons. The number of thioether (sulfide) groups is 1. The maximum Gasteiger partial charge on any atom is 0.227 e. The number of hydrogen-bond donors (Lipinski definition) is 0. The van der Waals surface area contributed by atoms with Crippen LogP contribution in [0, 0.1) is 5.92 Å². The monoisotopic (exact) mass is 351 g/mol. The second kappa shape index (κ2) is 7.11. The van der Waals surface area contributed by atoms with Gasteiger partial charge in [-0.3, -0.25) is 9.69 Å². The predicted octanol–water partition coefficient (Wildman–Crippen LogP) is 2.42. The lowest BCUT2D eigenvalue weighted by atomic mass is 9.96. The van der Waals surface area contributed by atoms with Crippen molar-refractivity contribution in [1.82, 2.24) is 14.8 Å². The van der Waals surface area contributed by atoms with Gasteiger partial charge in [0.15, 0.2) is 0 Å². The zero-order valence-electron chi connectivity index (χ0n) is 13.6. The van der Waals surface area contributed by atoms with Crippen molar-refractivity contribution in [2.45, 2.75) is 38.6 Å². The number of nitrogens with zero attached hydrogens (tertiary/aromatic N) is 3. The molecular weight excluding hydrogens is 326 g/mol. The molecule has 0 spiro atoms. The fraction of sp³-hybridized carbons (Fsp3) is 0.765. The van der Waals surface area contributed by atoms with Crippen LogP contribution in [-0.2, 0) is 24.2 Å². The third kappa shape index (κ3) is 3.59. The molecule has 2 saturated heterocycles. The van der Waals surface area contributed by atoms with Crippen LogP contribution in [0.5, 0.6) is 0 Å². The standard InChI is InChI=1S/C17H25N3OS2/c21-17(20-7-9-22-10-8-20)13-3-2-6-19(11-13)12-16-18-14-4-1-5-15(14)23-16/h13H,1-12H2. The fourth-order valence-electron chi connectivity index (χ4n) is 3.95. The molecule has 3 aliphatic rings. The van der Waals surface area contributed by atoms with Gasteiger partial charge in [-0.2, -0.15) is 11.8 Å². The van der Waals surface area contributed by atoms with E-state index in [1.807, 2.05) is 23.1 Å². The van der Waals surface area contributed by atoms with Crippen molar-refractivity contribution in [2.24, 2.45) is 5.92 Å². The summed E-state index contributed by atoms with van der Waals surface area (Å²) in [6, 6.07) is 0. The SMILES string of the molecule is O=C(C1CCCN(Cc2nc3c(s2)CCC3)C1)N1CCSCC1.